The molecule has 2 N–H and O–H groups in total. The molecule has 0 radical (unpaired) electrons. The number of nitrogens with one attached hydrogen (secondary N) is 1. The average molecular weight is 315 g/mol. The highest BCUT2D eigenvalue weighted by Crippen LogP contribution is 2.24. The molecule has 0 bridgehead atoms. The van der Waals surface area contributed by atoms with Crippen molar-refractivity contribution in [3.8, 4) is 0 Å². The van der Waals surface area contributed by atoms with E-state index in [1.165, 1.54) is 18.3 Å². The van der Waals surface area contributed by atoms with Crippen molar-refractivity contribution in [2.24, 2.45) is 0 Å². The first kappa shape index (κ1) is 15.5. The molecule has 7 heteroatoms. The zero-order valence-corrected chi connectivity index (χ0v) is 11.8. The van der Waals surface area contributed by atoms with Gasteiger partial charge >= 0.3 is 0 Å². The Morgan fingerprint density at radius 1 is 1.33 bits per heavy atom. The maximum absolute atomic E-state index is 13.5. The molecule has 1 aromatic heterocycles. The largest absolute Gasteiger partial charge is 0.383 e. The van der Waals surface area contributed by atoms with Crippen molar-refractivity contribution >= 4 is 17.2 Å². The highest BCUT2D eigenvalue weighted by Gasteiger charge is 2.26. The first-order chi connectivity index (χ1) is 9.81. The smallest absolute Gasteiger partial charge is 0.257 e. The van der Waals surface area contributed by atoms with Crippen LogP contribution in [0, 0.1) is 17.5 Å². The second kappa shape index (κ2) is 5.87. The minimum absolute atomic E-state index is 0.234. The van der Waals surface area contributed by atoms with E-state index < -0.39 is 34.5 Å². The van der Waals surface area contributed by atoms with E-state index in [-0.39, 0.29) is 6.54 Å². The highest BCUT2D eigenvalue weighted by molar-refractivity contribution is 7.10. The number of hydrogen-bond acceptors (Lipinski definition) is 3. The summed E-state index contributed by atoms with van der Waals surface area (Å²) in [7, 11) is 0. The van der Waals surface area contributed by atoms with Gasteiger partial charge in [0.1, 0.15) is 28.6 Å². The molecule has 21 heavy (non-hydrogen) atoms. The molecule has 112 valence electrons. The fraction of sp³-hybridized carbons (Fsp3) is 0.214. The Labute approximate surface area is 123 Å². The quantitative estimate of drug-likeness (QED) is 0.911. The lowest BCUT2D eigenvalue weighted by Gasteiger charge is -2.22. The van der Waals surface area contributed by atoms with Gasteiger partial charge in [-0.25, -0.2) is 13.2 Å². The highest BCUT2D eigenvalue weighted by atomic mass is 32.1. The molecule has 1 atom stereocenters. The molecule has 1 heterocycles. The Kier molecular flexibility index (Phi) is 4.34. The van der Waals surface area contributed by atoms with Crippen LogP contribution in [0.2, 0.25) is 0 Å². The van der Waals surface area contributed by atoms with Crippen molar-refractivity contribution in [1.29, 1.82) is 0 Å². The molecule has 1 unspecified atom stereocenters. The molecule has 0 saturated carbocycles. The van der Waals surface area contributed by atoms with Crippen LogP contribution in [0.4, 0.5) is 13.2 Å². The van der Waals surface area contributed by atoms with Crippen LogP contribution in [0.25, 0.3) is 0 Å². The SMILES string of the molecule is CC(O)(CNC(=O)c1c(F)cc(F)cc1F)c1cccs1. The van der Waals surface area contributed by atoms with Crippen LogP contribution in [0.1, 0.15) is 22.2 Å². The van der Waals surface area contributed by atoms with Gasteiger partial charge in [-0.3, -0.25) is 4.79 Å². The predicted molar refractivity (Wildman–Crippen MR) is 72.5 cm³/mol. The van der Waals surface area contributed by atoms with Crippen molar-refractivity contribution in [2.75, 3.05) is 6.54 Å². The normalized spacial score (nSPS) is 13.8. The summed E-state index contributed by atoms with van der Waals surface area (Å²) in [4.78, 5) is 12.4. The number of amides is 1. The van der Waals surface area contributed by atoms with Gasteiger partial charge in [0.2, 0.25) is 0 Å². The van der Waals surface area contributed by atoms with Crippen molar-refractivity contribution in [3.63, 3.8) is 0 Å². The second-order valence-corrected chi connectivity index (χ2v) is 5.63. The number of benzene rings is 1. The van der Waals surface area contributed by atoms with Crippen LogP contribution < -0.4 is 5.32 Å². The molecule has 0 spiro atoms. The second-order valence-electron chi connectivity index (χ2n) is 4.68. The van der Waals surface area contributed by atoms with E-state index in [4.69, 9.17) is 0 Å². The van der Waals surface area contributed by atoms with Gasteiger partial charge in [0.05, 0.1) is 6.54 Å². The number of hydrogen-bond donors (Lipinski definition) is 2. The summed E-state index contributed by atoms with van der Waals surface area (Å²) in [6, 6.07) is 4.26. The van der Waals surface area contributed by atoms with Crippen molar-refractivity contribution in [3.05, 3.63) is 57.5 Å². The molecule has 0 aliphatic carbocycles. The summed E-state index contributed by atoms with van der Waals surface area (Å²) >= 11 is 1.29. The fourth-order valence-corrected chi connectivity index (χ4v) is 2.56. The Balaban J connectivity index is 2.13. The van der Waals surface area contributed by atoms with Crippen molar-refractivity contribution in [1.82, 2.24) is 5.32 Å². The molecule has 2 rings (SSSR count). The molecular weight excluding hydrogens is 303 g/mol. The van der Waals surface area contributed by atoms with Crippen molar-refractivity contribution in [2.45, 2.75) is 12.5 Å². The van der Waals surface area contributed by atoms with E-state index in [2.05, 4.69) is 5.32 Å². The molecule has 3 nitrogen and oxygen atoms in total. The van der Waals surface area contributed by atoms with Crippen LogP contribution in [-0.2, 0) is 5.60 Å². The average Bonchev–Trinajstić information content (AvgIpc) is 2.89. The maximum Gasteiger partial charge on any atom is 0.257 e. The number of halogens is 3. The van der Waals surface area contributed by atoms with E-state index in [9.17, 15) is 23.1 Å². The van der Waals surface area contributed by atoms with E-state index in [0.717, 1.165) is 0 Å². The molecule has 0 aliphatic rings. The van der Waals surface area contributed by atoms with E-state index in [1.807, 2.05) is 0 Å². The van der Waals surface area contributed by atoms with E-state index >= 15 is 0 Å². The van der Waals surface area contributed by atoms with Crippen LogP contribution in [0.5, 0.6) is 0 Å². The summed E-state index contributed by atoms with van der Waals surface area (Å²) < 4.78 is 39.7. The van der Waals surface area contributed by atoms with E-state index in [1.54, 1.807) is 17.5 Å². The maximum atomic E-state index is 13.5. The van der Waals surface area contributed by atoms with E-state index in [0.29, 0.717) is 17.0 Å². The fourth-order valence-electron chi connectivity index (χ4n) is 1.77. The van der Waals surface area contributed by atoms with Gasteiger partial charge in [0, 0.05) is 17.0 Å². The molecule has 1 aromatic carbocycles. The molecule has 0 saturated heterocycles. The molecule has 0 fully saturated rings. The Morgan fingerprint density at radius 3 is 2.48 bits per heavy atom. The summed E-state index contributed by atoms with van der Waals surface area (Å²) in [6.07, 6.45) is 0. The van der Waals surface area contributed by atoms with Crippen LogP contribution in [0.3, 0.4) is 0 Å². The standard InChI is InChI=1S/C14H12F3NO2S/c1-14(20,11-3-2-4-21-11)7-18-13(19)12-9(16)5-8(15)6-10(12)17/h2-6,20H,7H2,1H3,(H,18,19). The third-order valence-corrected chi connectivity index (χ3v) is 4.00. The third kappa shape index (κ3) is 3.43. The topological polar surface area (TPSA) is 49.3 Å². The summed E-state index contributed by atoms with van der Waals surface area (Å²) in [5.41, 5.74) is -2.24. The number of carbonyl (C=O) groups is 1. The molecule has 2 aromatic rings. The predicted octanol–water partition coefficient (Wildman–Crippen LogP) is 2.80. The lowest BCUT2D eigenvalue weighted by Crippen LogP contribution is -2.38. The lowest BCUT2D eigenvalue weighted by atomic mass is 10.0. The van der Waals surface area contributed by atoms with Gasteiger partial charge in [0.15, 0.2) is 0 Å². The number of thiophene rings is 1. The number of aliphatic hydroxyl groups is 1. The van der Waals surface area contributed by atoms with Gasteiger partial charge < -0.3 is 10.4 Å². The van der Waals surface area contributed by atoms with Gasteiger partial charge in [-0.15, -0.1) is 11.3 Å². The first-order valence-electron chi connectivity index (χ1n) is 6.00. The molecule has 1 amide bonds. The molecular formula is C14H12F3NO2S. The number of carbonyl (C=O) groups excluding carboxylic acids is 1. The van der Waals surface area contributed by atoms with Gasteiger partial charge in [-0.1, -0.05) is 6.07 Å². The monoisotopic (exact) mass is 315 g/mol. The first-order valence-corrected chi connectivity index (χ1v) is 6.88. The lowest BCUT2D eigenvalue weighted by molar-refractivity contribution is 0.0554. The Morgan fingerprint density at radius 2 is 1.95 bits per heavy atom. The summed E-state index contributed by atoms with van der Waals surface area (Å²) in [6.45, 7) is 1.24. The molecule has 0 aliphatic heterocycles. The summed E-state index contributed by atoms with van der Waals surface area (Å²) in [5, 5.41) is 14.2. The Bertz CT molecular complexity index is 633. The zero-order chi connectivity index (χ0) is 15.6. The van der Waals surface area contributed by atoms with Crippen LogP contribution in [0.15, 0.2) is 29.6 Å². The van der Waals surface area contributed by atoms with Crippen LogP contribution >= 0.6 is 11.3 Å². The third-order valence-electron chi connectivity index (χ3n) is 2.88. The zero-order valence-electron chi connectivity index (χ0n) is 11.0. The van der Waals surface area contributed by atoms with Crippen molar-refractivity contribution < 1.29 is 23.1 Å². The minimum atomic E-state index is -1.36. The minimum Gasteiger partial charge on any atom is -0.383 e. The van der Waals surface area contributed by atoms with Gasteiger partial charge in [-0.2, -0.15) is 0 Å². The van der Waals surface area contributed by atoms with Gasteiger partial charge in [0.25, 0.3) is 5.91 Å². The summed E-state index contributed by atoms with van der Waals surface area (Å²) in [5.74, 6) is -4.74. The van der Waals surface area contributed by atoms with Crippen LogP contribution in [-0.4, -0.2) is 17.6 Å². The van der Waals surface area contributed by atoms with Gasteiger partial charge in [-0.05, 0) is 18.4 Å². The number of rotatable bonds is 4. The Hall–Kier alpha value is -1.86.